The van der Waals surface area contributed by atoms with Gasteiger partial charge >= 0.3 is 0 Å². The first-order valence-electron chi connectivity index (χ1n) is 10.9. The normalized spacial score (nSPS) is 11.6. The van der Waals surface area contributed by atoms with E-state index in [9.17, 15) is 13.2 Å². The number of sulfone groups is 1. The summed E-state index contributed by atoms with van der Waals surface area (Å²) in [5, 5.41) is 4.78. The highest BCUT2D eigenvalue weighted by Crippen LogP contribution is 2.32. The Balaban J connectivity index is 1.49. The standard InChI is InChI=1S/C24H26N4O4S2/c1-18-6-9-20(10-7-18)34(30,31)16-3-5-23(29)28(15-14-27-13-4-12-25-27)24-26-21-11-8-19(32-2)17-22(21)33-24/h4,6-13,17H,3,5,14-16H2,1-2H3. The van der Waals surface area contributed by atoms with Crippen molar-refractivity contribution in [2.24, 2.45) is 0 Å². The number of aromatic nitrogens is 3. The third kappa shape index (κ3) is 5.63. The van der Waals surface area contributed by atoms with Crippen molar-refractivity contribution in [3.63, 3.8) is 0 Å². The molecule has 8 nitrogen and oxygen atoms in total. The highest BCUT2D eigenvalue weighted by molar-refractivity contribution is 7.91. The summed E-state index contributed by atoms with van der Waals surface area (Å²) in [4.78, 5) is 19.8. The summed E-state index contributed by atoms with van der Waals surface area (Å²) >= 11 is 1.40. The van der Waals surface area contributed by atoms with E-state index in [1.165, 1.54) is 11.3 Å². The van der Waals surface area contributed by atoms with Gasteiger partial charge < -0.3 is 4.74 Å². The van der Waals surface area contributed by atoms with Crippen LogP contribution in [0.5, 0.6) is 5.75 Å². The molecular weight excluding hydrogens is 472 g/mol. The van der Waals surface area contributed by atoms with E-state index in [-0.39, 0.29) is 29.4 Å². The molecule has 0 fully saturated rings. The second kappa shape index (κ2) is 10.4. The number of carbonyl (C=O) groups is 1. The Morgan fingerprint density at radius 1 is 1.18 bits per heavy atom. The number of aryl methyl sites for hydroxylation is 1. The molecule has 0 bridgehead atoms. The molecule has 2 aromatic heterocycles. The van der Waals surface area contributed by atoms with E-state index in [0.29, 0.717) is 18.2 Å². The van der Waals surface area contributed by atoms with E-state index in [2.05, 4.69) is 10.1 Å². The fourth-order valence-electron chi connectivity index (χ4n) is 3.51. The summed E-state index contributed by atoms with van der Waals surface area (Å²) in [7, 11) is -1.85. The third-order valence-electron chi connectivity index (χ3n) is 5.41. The Morgan fingerprint density at radius 2 is 1.97 bits per heavy atom. The third-order valence-corrected chi connectivity index (χ3v) is 8.27. The van der Waals surface area contributed by atoms with Crippen LogP contribution in [0.2, 0.25) is 0 Å². The number of benzene rings is 2. The van der Waals surface area contributed by atoms with Gasteiger partial charge in [-0.15, -0.1) is 0 Å². The Labute approximate surface area is 202 Å². The summed E-state index contributed by atoms with van der Waals surface area (Å²) in [6, 6.07) is 14.2. The number of rotatable bonds is 10. The van der Waals surface area contributed by atoms with Crippen molar-refractivity contribution in [3.05, 3.63) is 66.5 Å². The van der Waals surface area contributed by atoms with Gasteiger partial charge in [0.15, 0.2) is 15.0 Å². The van der Waals surface area contributed by atoms with Crippen LogP contribution in [0.15, 0.2) is 65.8 Å². The smallest absolute Gasteiger partial charge is 0.228 e. The summed E-state index contributed by atoms with van der Waals surface area (Å²) in [6.45, 7) is 2.78. The van der Waals surface area contributed by atoms with Crippen LogP contribution in [0.1, 0.15) is 18.4 Å². The lowest BCUT2D eigenvalue weighted by Gasteiger charge is -2.20. The minimum absolute atomic E-state index is 0.0914. The van der Waals surface area contributed by atoms with Crippen LogP contribution in [0.25, 0.3) is 10.2 Å². The molecule has 2 heterocycles. The van der Waals surface area contributed by atoms with Crippen molar-refractivity contribution >= 4 is 42.4 Å². The highest BCUT2D eigenvalue weighted by Gasteiger charge is 2.22. The number of hydrogen-bond acceptors (Lipinski definition) is 7. The molecule has 1 amide bonds. The zero-order valence-electron chi connectivity index (χ0n) is 19.0. The molecule has 0 saturated carbocycles. The topological polar surface area (TPSA) is 94.4 Å². The molecule has 2 aromatic carbocycles. The Bertz CT molecular complexity index is 1360. The van der Waals surface area contributed by atoms with Crippen molar-refractivity contribution in [2.75, 3.05) is 24.3 Å². The van der Waals surface area contributed by atoms with E-state index in [4.69, 9.17) is 4.74 Å². The van der Waals surface area contributed by atoms with E-state index < -0.39 is 9.84 Å². The Hall–Kier alpha value is -3.24. The SMILES string of the molecule is COc1ccc2nc(N(CCn3cccn3)C(=O)CCCS(=O)(=O)c3ccc(C)cc3)sc2c1. The molecule has 0 spiro atoms. The van der Waals surface area contributed by atoms with Crippen LogP contribution in [-0.2, 0) is 21.2 Å². The van der Waals surface area contributed by atoms with Gasteiger partial charge in [0.05, 0.1) is 34.5 Å². The fraction of sp³-hybridized carbons (Fsp3) is 0.292. The molecule has 10 heteroatoms. The second-order valence-corrected chi connectivity index (χ2v) is 11.0. The number of nitrogens with zero attached hydrogens (tertiary/aromatic N) is 4. The lowest BCUT2D eigenvalue weighted by Crippen LogP contribution is -2.34. The van der Waals surface area contributed by atoms with Crippen molar-refractivity contribution in [3.8, 4) is 5.75 Å². The van der Waals surface area contributed by atoms with E-state index in [0.717, 1.165) is 21.5 Å². The summed E-state index contributed by atoms with van der Waals surface area (Å²) < 4.78 is 33.3. The molecule has 0 radical (unpaired) electrons. The molecule has 178 valence electrons. The molecule has 4 aromatic rings. The van der Waals surface area contributed by atoms with Gasteiger partial charge in [-0.1, -0.05) is 29.0 Å². The van der Waals surface area contributed by atoms with Crippen molar-refractivity contribution in [1.82, 2.24) is 14.8 Å². The first-order valence-corrected chi connectivity index (χ1v) is 13.3. The number of thiazole rings is 1. The lowest BCUT2D eigenvalue weighted by molar-refractivity contribution is -0.118. The Morgan fingerprint density at radius 3 is 2.68 bits per heavy atom. The average Bonchev–Trinajstić information content (AvgIpc) is 3.48. The number of ether oxygens (including phenoxy) is 1. The molecular formula is C24H26N4O4S2. The summed E-state index contributed by atoms with van der Waals surface area (Å²) in [5.74, 6) is 0.460. The van der Waals surface area contributed by atoms with Gasteiger partial charge in [-0.05, 0) is 49.7 Å². The number of methoxy groups -OCH3 is 1. The molecule has 0 aliphatic heterocycles. The number of fused-ring (bicyclic) bond motifs is 1. The van der Waals surface area contributed by atoms with Crippen LogP contribution in [0.4, 0.5) is 5.13 Å². The maximum Gasteiger partial charge on any atom is 0.228 e. The Kier molecular flexibility index (Phi) is 7.28. The zero-order chi connectivity index (χ0) is 24.1. The second-order valence-electron chi connectivity index (χ2n) is 7.88. The van der Waals surface area contributed by atoms with Crippen LogP contribution < -0.4 is 9.64 Å². The zero-order valence-corrected chi connectivity index (χ0v) is 20.7. The quantitative estimate of drug-likeness (QED) is 0.327. The van der Waals surface area contributed by atoms with Crippen molar-refractivity contribution < 1.29 is 17.9 Å². The largest absolute Gasteiger partial charge is 0.497 e. The maximum atomic E-state index is 13.2. The lowest BCUT2D eigenvalue weighted by atomic mass is 10.2. The first kappa shape index (κ1) is 23.9. The van der Waals surface area contributed by atoms with Gasteiger partial charge in [0, 0.05) is 25.4 Å². The minimum atomic E-state index is -3.45. The van der Waals surface area contributed by atoms with Gasteiger partial charge in [0.1, 0.15) is 5.75 Å². The molecule has 0 saturated heterocycles. The summed E-state index contributed by atoms with van der Waals surface area (Å²) in [5.41, 5.74) is 1.77. The number of amides is 1. The van der Waals surface area contributed by atoms with E-state index in [1.807, 2.05) is 37.4 Å². The van der Waals surface area contributed by atoms with Crippen LogP contribution in [0.3, 0.4) is 0 Å². The van der Waals surface area contributed by atoms with E-state index in [1.54, 1.807) is 47.2 Å². The molecule has 0 N–H and O–H groups in total. The minimum Gasteiger partial charge on any atom is -0.497 e. The van der Waals surface area contributed by atoms with Gasteiger partial charge in [-0.2, -0.15) is 5.10 Å². The first-order chi connectivity index (χ1) is 16.4. The summed E-state index contributed by atoms with van der Waals surface area (Å²) in [6.07, 6.45) is 3.85. The molecule has 0 atom stereocenters. The fourth-order valence-corrected chi connectivity index (χ4v) is 5.86. The van der Waals surface area contributed by atoms with Gasteiger partial charge in [-0.25, -0.2) is 13.4 Å². The monoisotopic (exact) mass is 498 g/mol. The molecule has 0 aliphatic rings. The van der Waals surface area contributed by atoms with Crippen LogP contribution in [-0.4, -0.2) is 48.5 Å². The van der Waals surface area contributed by atoms with Crippen LogP contribution >= 0.6 is 11.3 Å². The van der Waals surface area contributed by atoms with Crippen LogP contribution in [0, 0.1) is 6.92 Å². The van der Waals surface area contributed by atoms with Gasteiger partial charge in [0.25, 0.3) is 0 Å². The van der Waals surface area contributed by atoms with E-state index >= 15 is 0 Å². The molecule has 0 aliphatic carbocycles. The predicted molar refractivity (Wildman–Crippen MR) is 133 cm³/mol. The molecule has 34 heavy (non-hydrogen) atoms. The van der Waals surface area contributed by atoms with Crippen molar-refractivity contribution in [1.29, 1.82) is 0 Å². The number of carbonyl (C=O) groups excluding carboxylic acids is 1. The number of hydrogen-bond donors (Lipinski definition) is 0. The average molecular weight is 499 g/mol. The van der Waals surface area contributed by atoms with Crippen molar-refractivity contribution in [2.45, 2.75) is 31.2 Å². The molecule has 0 unspecified atom stereocenters. The number of anilines is 1. The maximum absolute atomic E-state index is 13.2. The highest BCUT2D eigenvalue weighted by atomic mass is 32.2. The predicted octanol–water partition coefficient (Wildman–Crippen LogP) is 4.10. The van der Waals surface area contributed by atoms with Gasteiger partial charge in [-0.3, -0.25) is 14.4 Å². The molecule has 4 rings (SSSR count). The van der Waals surface area contributed by atoms with Gasteiger partial charge in [0.2, 0.25) is 5.91 Å².